The SMILES string of the molecule is CCC(CC)(CO)CN1CCC(N(C)C)C1. The van der Waals surface area contributed by atoms with Gasteiger partial charge in [0.1, 0.15) is 0 Å². The second-order valence-electron chi connectivity index (χ2n) is 5.51. The van der Waals surface area contributed by atoms with E-state index >= 15 is 0 Å². The summed E-state index contributed by atoms with van der Waals surface area (Å²) >= 11 is 0. The Morgan fingerprint density at radius 1 is 1.31 bits per heavy atom. The number of rotatable bonds is 6. The van der Waals surface area contributed by atoms with E-state index in [1.807, 2.05) is 0 Å². The van der Waals surface area contributed by atoms with E-state index in [-0.39, 0.29) is 5.41 Å². The molecule has 0 spiro atoms. The van der Waals surface area contributed by atoms with Crippen molar-refractivity contribution in [3.05, 3.63) is 0 Å². The minimum atomic E-state index is 0.126. The van der Waals surface area contributed by atoms with E-state index in [0.29, 0.717) is 12.6 Å². The quantitative estimate of drug-likeness (QED) is 0.745. The molecule has 0 aliphatic carbocycles. The summed E-state index contributed by atoms with van der Waals surface area (Å²) in [6.07, 6.45) is 3.41. The zero-order chi connectivity index (χ0) is 12.2. The summed E-state index contributed by atoms with van der Waals surface area (Å²) in [6.45, 7) is 8.11. The summed E-state index contributed by atoms with van der Waals surface area (Å²) in [7, 11) is 4.32. The van der Waals surface area contributed by atoms with Gasteiger partial charge in [-0.15, -0.1) is 0 Å². The highest BCUT2D eigenvalue weighted by atomic mass is 16.3. The molecule has 0 aromatic heterocycles. The number of nitrogens with zero attached hydrogens (tertiary/aromatic N) is 2. The molecular weight excluding hydrogens is 200 g/mol. The van der Waals surface area contributed by atoms with Gasteiger partial charge in [-0.1, -0.05) is 13.8 Å². The van der Waals surface area contributed by atoms with Gasteiger partial charge in [-0.25, -0.2) is 0 Å². The van der Waals surface area contributed by atoms with Crippen LogP contribution in [-0.4, -0.2) is 61.3 Å². The molecule has 0 aromatic carbocycles. The van der Waals surface area contributed by atoms with Crippen molar-refractivity contribution in [1.29, 1.82) is 0 Å². The van der Waals surface area contributed by atoms with Gasteiger partial charge < -0.3 is 14.9 Å². The summed E-state index contributed by atoms with van der Waals surface area (Å²) in [5.74, 6) is 0. The number of hydrogen-bond acceptors (Lipinski definition) is 3. The van der Waals surface area contributed by atoms with Crippen LogP contribution < -0.4 is 0 Å². The van der Waals surface area contributed by atoms with Gasteiger partial charge in [0.2, 0.25) is 0 Å². The fraction of sp³-hybridized carbons (Fsp3) is 1.00. The van der Waals surface area contributed by atoms with Crippen LogP contribution in [0.1, 0.15) is 33.1 Å². The van der Waals surface area contributed by atoms with Crippen molar-refractivity contribution in [3.63, 3.8) is 0 Å². The molecule has 1 saturated heterocycles. The lowest BCUT2D eigenvalue weighted by atomic mass is 9.83. The van der Waals surface area contributed by atoms with E-state index in [1.165, 1.54) is 13.0 Å². The van der Waals surface area contributed by atoms with Gasteiger partial charge in [0.25, 0.3) is 0 Å². The molecule has 0 bridgehead atoms. The van der Waals surface area contributed by atoms with Crippen molar-refractivity contribution in [2.75, 3.05) is 40.3 Å². The molecule has 0 aromatic rings. The van der Waals surface area contributed by atoms with Crippen molar-refractivity contribution in [2.45, 2.75) is 39.2 Å². The Hall–Kier alpha value is -0.120. The lowest BCUT2D eigenvalue weighted by Crippen LogP contribution is -2.40. The molecule has 0 radical (unpaired) electrons. The van der Waals surface area contributed by atoms with Gasteiger partial charge in [0.05, 0.1) is 0 Å². The molecular formula is C13H28N2O. The van der Waals surface area contributed by atoms with Crippen molar-refractivity contribution in [3.8, 4) is 0 Å². The van der Waals surface area contributed by atoms with E-state index in [4.69, 9.17) is 0 Å². The predicted octanol–water partition coefficient (Wildman–Crippen LogP) is 1.42. The Bertz CT molecular complexity index is 194. The first-order valence-electron chi connectivity index (χ1n) is 6.56. The minimum absolute atomic E-state index is 0.126. The molecule has 1 rings (SSSR count). The summed E-state index contributed by atoms with van der Waals surface area (Å²) in [5, 5.41) is 9.57. The number of likely N-dealkylation sites (tertiary alicyclic amines) is 1. The molecule has 1 aliphatic rings. The van der Waals surface area contributed by atoms with Gasteiger partial charge in [0.15, 0.2) is 0 Å². The van der Waals surface area contributed by atoms with Crippen LogP contribution in [0, 0.1) is 5.41 Å². The third kappa shape index (κ3) is 3.19. The second kappa shape index (κ2) is 5.99. The lowest BCUT2D eigenvalue weighted by molar-refractivity contribution is 0.0725. The van der Waals surface area contributed by atoms with Crippen LogP contribution in [-0.2, 0) is 0 Å². The Balaban J connectivity index is 2.48. The fourth-order valence-corrected chi connectivity index (χ4v) is 2.60. The normalized spacial score (nSPS) is 23.2. The van der Waals surface area contributed by atoms with E-state index < -0.39 is 0 Å². The topological polar surface area (TPSA) is 26.7 Å². The van der Waals surface area contributed by atoms with E-state index in [0.717, 1.165) is 25.9 Å². The van der Waals surface area contributed by atoms with Crippen LogP contribution in [0.2, 0.25) is 0 Å². The molecule has 1 heterocycles. The standard InChI is InChI=1S/C13H28N2O/c1-5-13(6-2,11-16)10-15-8-7-12(9-15)14(3)4/h12,16H,5-11H2,1-4H3. The van der Waals surface area contributed by atoms with Crippen molar-refractivity contribution < 1.29 is 5.11 Å². The molecule has 96 valence electrons. The molecule has 3 nitrogen and oxygen atoms in total. The Morgan fingerprint density at radius 3 is 2.31 bits per heavy atom. The minimum Gasteiger partial charge on any atom is -0.396 e. The zero-order valence-corrected chi connectivity index (χ0v) is 11.4. The molecule has 3 heteroatoms. The van der Waals surface area contributed by atoms with E-state index in [1.54, 1.807) is 0 Å². The Labute approximate surface area is 100 Å². The monoisotopic (exact) mass is 228 g/mol. The largest absolute Gasteiger partial charge is 0.396 e. The molecule has 1 atom stereocenters. The fourth-order valence-electron chi connectivity index (χ4n) is 2.60. The van der Waals surface area contributed by atoms with Crippen molar-refractivity contribution in [2.24, 2.45) is 5.41 Å². The summed E-state index contributed by atoms with van der Waals surface area (Å²) in [5.41, 5.74) is 0.126. The first-order valence-corrected chi connectivity index (χ1v) is 6.56. The lowest BCUT2D eigenvalue weighted by Gasteiger charge is -2.34. The molecule has 16 heavy (non-hydrogen) atoms. The van der Waals surface area contributed by atoms with Crippen LogP contribution in [0.5, 0.6) is 0 Å². The first-order chi connectivity index (χ1) is 7.56. The van der Waals surface area contributed by atoms with E-state index in [2.05, 4.69) is 37.7 Å². The maximum Gasteiger partial charge on any atom is 0.0499 e. The predicted molar refractivity (Wildman–Crippen MR) is 68.6 cm³/mol. The highest BCUT2D eigenvalue weighted by Gasteiger charge is 2.32. The number of aliphatic hydroxyl groups is 1. The maximum absolute atomic E-state index is 9.57. The molecule has 0 amide bonds. The van der Waals surface area contributed by atoms with Crippen LogP contribution in [0.4, 0.5) is 0 Å². The summed E-state index contributed by atoms with van der Waals surface area (Å²) in [4.78, 5) is 4.84. The Kier molecular flexibility index (Phi) is 5.22. The zero-order valence-electron chi connectivity index (χ0n) is 11.4. The number of hydrogen-bond donors (Lipinski definition) is 1. The average molecular weight is 228 g/mol. The summed E-state index contributed by atoms with van der Waals surface area (Å²) < 4.78 is 0. The van der Waals surface area contributed by atoms with Crippen LogP contribution in [0.3, 0.4) is 0 Å². The van der Waals surface area contributed by atoms with Crippen LogP contribution >= 0.6 is 0 Å². The highest BCUT2D eigenvalue weighted by molar-refractivity contribution is 4.86. The smallest absolute Gasteiger partial charge is 0.0499 e. The van der Waals surface area contributed by atoms with Crippen LogP contribution in [0.25, 0.3) is 0 Å². The maximum atomic E-state index is 9.57. The van der Waals surface area contributed by atoms with Gasteiger partial charge >= 0.3 is 0 Å². The third-order valence-electron chi connectivity index (χ3n) is 4.37. The molecule has 1 N–H and O–H groups in total. The Morgan fingerprint density at radius 2 is 1.94 bits per heavy atom. The van der Waals surface area contributed by atoms with Gasteiger partial charge in [-0.2, -0.15) is 0 Å². The average Bonchev–Trinajstić information content (AvgIpc) is 2.74. The van der Waals surface area contributed by atoms with Crippen molar-refractivity contribution >= 4 is 0 Å². The molecule has 1 unspecified atom stereocenters. The van der Waals surface area contributed by atoms with Gasteiger partial charge in [0, 0.05) is 31.2 Å². The molecule has 0 saturated carbocycles. The molecule has 1 aliphatic heterocycles. The first kappa shape index (κ1) is 13.9. The summed E-state index contributed by atoms with van der Waals surface area (Å²) in [6, 6.07) is 0.699. The van der Waals surface area contributed by atoms with Gasteiger partial charge in [-0.3, -0.25) is 0 Å². The molecule has 1 fully saturated rings. The number of likely N-dealkylation sites (N-methyl/N-ethyl adjacent to an activating group) is 1. The van der Waals surface area contributed by atoms with Gasteiger partial charge in [-0.05, 0) is 39.9 Å². The second-order valence-corrected chi connectivity index (χ2v) is 5.51. The van der Waals surface area contributed by atoms with Crippen LogP contribution in [0.15, 0.2) is 0 Å². The third-order valence-corrected chi connectivity index (χ3v) is 4.37. The van der Waals surface area contributed by atoms with E-state index in [9.17, 15) is 5.11 Å². The van der Waals surface area contributed by atoms with Crippen molar-refractivity contribution in [1.82, 2.24) is 9.80 Å². The highest BCUT2D eigenvalue weighted by Crippen LogP contribution is 2.28. The number of aliphatic hydroxyl groups excluding tert-OH is 1.